The third-order valence-electron chi connectivity index (χ3n) is 3.65. The molecule has 0 aromatic heterocycles. The summed E-state index contributed by atoms with van der Waals surface area (Å²) in [5, 5.41) is 19.4. The van der Waals surface area contributed by atoms with Crippen LogP contribution in [0, 0.1) is 11.8 Å². The molecule has 1 aliphatic carbocycles. The standard InChI is InChI=1S/C16H18O4/c1-20-14-4-2-3-10-16(14,19)11-9-12-5-7-13(8-6-12)15(17)18/h5-8,14,19H,2-4,10H2,1H3,(H,17,18). The van der Waals surface area contributed by atoms with Crippen molar-refractivity contribution in [3.8, 4) is 11.8 Å². The molecule has 2 N–H and O–H groups in total. The number of carboxylic acids is 1. The Morgan fingerprint density at radius 2 is 2.05 bits per heavy atom. The lowest BCUT2D eigenvalue weighted by Gasteiger charge is -2.34. The van der Waals surface area contributed by atoms with Crippen LogP contribution in [0.5, 0.6) is 0 Å². The van der Waals surface area contributed by atoms with Gasteiger partial charge in [-0.2, -0.15) is 0 Å². The van der Waals surface area contributed by atoms with Crippen LogP contribution in [-0.4, -0.2) is 35.0 Å². The van der Waals surface area contributed by atoms with Crippen molar-refractivity contribution in [2.24, 2.45) is 0 Å². The van der Waals surface area contributed by atoms with Gasteiger partial charge in [-0.3, -0.25) is 0 Å². The summed E-state index contributed by atoms with van der Waals surface area (Å²) in [7, 11) is 1.59. The first-order chi connectivity index (χ1) is 9.55. The Morgan fingerprint density at radius 3 is 2.65 bits per heavy atom. The zero-order chi connectivity index (χ0) is 14.6. The number of carboxylic acid groups (broad SMARTS) is 1. The first kappa shape index (κ1) is 14.6. The van der Waals surface area contributed by atoms with Gasteiger partial charge in [-0.05, 0) is 43.5 Å². The van der Waals surface area contributed by atoms with Crippen LogP contribution >= 0.6 is 0 Å². The van der Waals surface area contributed by atoms with Crippen molar-refractivity contribution in [2.45, 2.75) is 37.4 Å². The highest BCUT2D eigenvalue weighted by Crippen LogP contribution is 2.30. The van der Waals surface area contributed by atoms with E-state index in [9.17, 15) is 9.90 Å². The Kier molecular flexibility index (Phi) is 4.43. The molecule has 1 aromatic rings. The van der Waals surface area contributed by atoms with E-state index in [2.05, 4.69) is 11.8 Å². The summed E-state index contributed by atoms with van der Waals surface area (Å²) in [4.78, 5) is 10.8. The number of carbonyl (C=O) groups is 1. The number of aliphatic hydroxyl groups is 1. The molecule has 0 heterocycles. The maximum atomic E-state index is 10.8. The Morgan fingerprint density at radius 1 is 1.35 bits per heavy atom. The molecule has 1 saturated carbocycles. The second-order valence-corrected chi connectivity index (χ2v) is 5.03. The van der Waals surface area contributed by atoms with Gasteiger partial charge in [0.15, 0.2) is 5.60 Å². The van der Waals surface area contributed by atoms with Gasteiger partial charge < -0.3 is 14.9 Å². The number of aromatic carboxylic acids is 1. The van der Waals surface area contributed by atoms with Crippen molar-refractivity contribution in [3.63, 3.8) is 0 Å². The third-order valence-corrected chi connectivity index (χ3v) is 3.65. The number of ether oxygens (including phenoxy) is 1. The molecule has 2 atom stereocenters. The summed E-state index contributed by atoms with van der Waals surface area (Å²) in [5.74, 6) is 4.85. The third kappa shape index (κ3) is 3.19. The van der Waals surface area contributed by atoms with Gasteiger partial charge in [0.25, 0.3) is 0 Å². The van der Waals surface area contributed by atoms with Gasteiger partial charge in [-0.15, -0.1) is 0 Å². The van der Waals surface area contributed by atoms with Gasteiger partial charge in [0.05, 0.1) is 11.7 Å². The van der Waals surface area contributed by atoms with Crippen LogP contribution in [0.1, 0.15) is 41.6 Å². The van der Waals surface area contributed by atoms with E-state index in [0.717, 1.165) is 19.3 Å². The lowest BCUT2D eigenvalue weighted by molar-refractivity contribution is -0.0795. The first-order valence-electron chi connectivity index (χ1n) is 6.67. The summed E-state index contributed by atoms with van der Waals surface area (Å²) >= 11 is 0. The zero-order valence-corrected chi connectivity index (χ0v) is 11.4. The van der Waals surface area contributed by atoms with Crippen molar-refractivity contribution >= 4 is 5.97 Å². The summed E-state index contributed by atoms with van der Waals surface area (Å²) in [6.07, 6.45) is 3.12. The first-order valence-corrected chi connectivity index (χ1v) is 6.67. The fourth-order valence-electron chi connectivity index (χ4n) is 2.46. The Labute approximate surface area is 118 Å². The molecule has 0 saturated heterocycles. The monoisotopic (exact) mass is 274 g/mol. The molecule has 20 heavy (non-hydrogen) atoms. The van der Waals surface area contributed by atoms with Crippen LogP contribution in [0.4, 0.5) is 0 Å². The normalized spacial score (nSPS) is 25.6. The number of hydrogen-bond acceptors (Lipinski definition) is 3. The van der Waals surface area contributed by atoms with E-state index >= 15 is 0 Å². The molecule has 4 heteroatoms. The van der Waals surface area contributed by atoms with E-state index in [-0.39, 0.29) is 11.7 Å². The average molecular weight is 274 g/mol. The molecule has 1 aromatic carbocycles. The lowest BCUT2D eigenvalue weighted by Crippen LogP contribution is -2.44. The van der Waals surface area contributed by atoms with Gasteiger partial charge in [0, 0.05) is 12.7 Å². The van der Waals surface area contributed by atoms with E-state index < -0.39 is 11.6 Å². The molecule has 0 radical (unpaired) electrons. The number of hydrogen-bond donors (Lipinski definition) is 2. The molecule has 0 aliphatic heterocycles. The van der Waals surface area contributed by atoms with Crippen LogP contribution in [0.3, 0.4) is 0 Å². The van der Waals surface area contributed by atoms with Crippen molar-refractivity contribution in [2.75, 3.05) is 7.11 Å². The van der Waals surface area contributed by atoms with Gasteiger partial charge in [0.1, 0.15) is 0 Å². The van der Waals surface area contributed by atoms with Gasteiger partial charge in [-0.1, -0.05) is 18.3 Å². The van der Waals surface area contributed by atoms with Crippen molar-refractivity contribution in [1.82, 2.24) is 0 Å². The molecule has 0 bridgehead atoms. The number of rotatable bonds is 2. The highest BCUT2D eigenvalue weighted by atomic mass is 16.5. The van der Waals surface area contributed by atoms with Crippen LogP contribution in [0.15, 0.2) is 24.3 Å². The smallest absolute Gasteiger partial charge is 0.335 e. The van der Waals surface area contributed by atoms with E-state index in [0.29, 0.717) is 12.0 Å². The van der Waals surface area contributed by atoms with Gasteiger partial charge in [0.2, 0.25) is 0 Å². The quantitative estimate of drug-likeness (QED) is 0.810. The summed E-state index contributed by atoms with van der Waals surface area (Å²) in [5.41, 5.74) is -0.205. The molecule has 2 rings (SSSR count). The maximum Gasteiger partial charge on any atom is 0.335 e. The summed E-state index contributed by atoms with van der Waals surface area (Å²) < 4.78 is 5.32. The Hall–Kier alpha value is -1.83. The van der Waals surface area contributed by atoms with Crippen molar-refractivity contribution < 1.29 is 19.7 Å². The minimum absolute atomic E-state index is 0.224. The molecule has 4 nitrogen and oxygen atoms in total. The second-order valence-electron chi connectivity index (χ2n) is 5.03. The maximum absolute atomic E-state index is 10.8. The lowest BCUT2D eigenvalue weighted by atomic mass is 9.82. The highest BCUT2D eigenvalue weighted by Gasteiger charge is 2.37. The number of methoxy groups -OCH3 is 1. The van der Waals surface area contributed by atoms with E-state index in [1.54, 1.807) is 19.2 Å². The number of benzene rings is 1. The van der Waals surface area contributed by atoms with Crippen LogP contribution in [0.2, 0.25) is 0 Å². The minimum Gasteiger partial charge on any atom is -0.478 e. The fourth-order valence-corrected chi connectivity index (χ4v) is 2.46. The molecular weight excluding hydrogens is 256 g/mol. The predicted molar refractivity (Wildman–Crippen MR) is 74.5 cm³/mol. The van der Waals surface area contributed by atoms with E-state index in [1.165, 1.54) is 12.1 Å². The Bertz CT molecular complexity index is 538. The largest absolute Gasteiger partial charge is 0.478 e. The second kappa shape index (κ2) is 6.08. The van der Waals surface area contributed by atoms with E-state index in [1.807, 2.05) is 0 Å². The topological polar surface area (TPSA) is 66.8 Å². The van der Waals surface area contributed by atoms with Gasteiger partial charge in [-0.25, -0.2) is 4.79 Å². The SMILES string of the molecule is COC1CCCCC1(O)C#Cc1ccc(C(=O)O)cc1. The molecule has 2 unspecified atom stereocenters. The van der Waals surface area contributed by atoms with Crippen LogP contribution in [-0.2, 0) is 4.74 Å². The molecule has 0 spiro atoms. The zero-order valence-electron chi connectivity index (χ0n) is 11.4. The molecule has 106 valence electrons. The predicted octanol–water partition coefficient (Wildman–Crippen LogP) is 2.06. The summed E-state index contributed by atoms with van der Waals surface area (Å²) in [6, 6.07) is 6.30. The van der Waals surface area contributed by atoms with Crippen molar-refractivity contribution in [3.05, 3.63) is 35.4 Å². The minimum atomic E-state index is -1.11. The van der Waals surface area contributed by atoms with Crippen LogP contribution in [0.25, 0.3) is 0 Å². The molecule has 0 amide bonds. The Balaban J connectivity index is 2.18. The molecular formula is C16H18O4. The average Bonchev–Trinajstić information content (AvgIpc) is 2.46. The van der Waals surface area contributed by atoms with Crippen molar-refractivity contribution in [1.29, 1.82) is 0 Å². The van der Waals surface area contributed by atoms with Crippen LogP contribution < -0.4 is 0 Å². The fraction of sp³-hybridized carbons (Fsp3) is 0.438. The van der Waals surface area contributed by atoms with Gasteiger partial charge >= 0.3 is 5.97 Å². The highest BCUT2D eigenvalue weighted by molar-refractivity contribution is 5.87. The molecule has 1 fully saturated rings. The summed E-state index contributed by atoms with van der Waals surface area (Å²) in [6.45, 7) is 0. The molecule has 1 aliphatic rings. The van der Waals surface area contributed by atoms with E-state index in [4.69, 9.17) is 9.84 Å².